The maximum absolute atomic E-state index is 5.50. The maximum Gasteiger partial charge on any atom is 0.203 e. The number of ether oxygens (including phenoxy) is 3. The molecular formula is C24H26N4O3S2. The van der Waals surface area contributed by atoms with Gasteiger partial charge in [0.15, 0.2) is 22.5 Å². The number of thioether (sulfide) groups is 1. The molecule has 0 fully saturated rings. The lowest BCUT2D eigenvalue weighted by Crippen LogP contribution is -2.01. The van der Waals surface area contributed by atoms with Crippen molar-refractivity contribution in [2.24, 2.45) is 0 Å². The highest BCUT2D eigenvalue weighted by atomic mass is 32.2. The monoisotopic (exact) mass is 482 g/mol. The predicted octanol–water partition coefficient (Wildman–Crippen LogP) is 5.72. The Kier molecular flexibility index (Phi) is 7.20. The second-order valence-electron chi connectivity index (χ2n) is 7.27. The van der Waals surface area contributed by atoms with Crippen LogP contribution in [0.2, 0.25) is 0 Å². The average molecular weight is 483 g/mol. The first-order valence-corrected chi connectivity index (χ1v) is 12.3. The molecule has 0 amide bonds. The van der Waals surface area contributed by atoms with Gasteiger partial charge in [0.1, 0.15) is 5.01 Å². The number of hydrogen-bond acceptors (Lipinski definition) is 8. The van der Waals surface area contributed by atoms with Crippen LogP contribution in [0.25, 0.3) is 22.0 Å². The van der Waals surface area contributed by atoms with Gasteiger partial charge in [-0.15, -0.1) is 21.5 Å². The number of nitrogens with zero attached hydrogens (tertiary/aromatic N) is 4. The first kappa shape index (κ1) is 23.1. The van der Waals surface area contributed by atoms with Crippen LogP contribution in [0.1, 0.15) is 18.2 Å². The van der Waals surface area contributed by atoms with Crippen molar-refractivity contribution in [3.05, 3.63) is 53.0 Å². The topological polar surface area (TPSA) is 71.3 Å². The third-order valence-corrected chi connectivity index (χ3v) is 7.06. The van der Waals surface area contributed by atoms with Crippen LogP contribution >= 0.6 is 23.1 Å². The molecule has 0 aliphatic rings. The molecular weight excluding hydrogens is 456 g/mol. The molecule has 4 rings (SSSR count). The van der Waals surface area contributed by atoms with E-state index in [0.717, 1.165) is 45.1 Å². The lowest BCUT2D eigenvalue weighted by molar-refractivity contribution is 0.324. The third-order valence-electron chi connectivity index (χ3n) is 5.12. The Bertz CT molecular complexity index is 1230. The van der Waals surface area contributed by atoms with Crippen molar-refractivity contribution in [3.8, 4) is 39.2 Å². The van der Waals surface area contributed by atoms with Gasteiger partial charge >= 0.3 is 0 Å². The summed E-state index contributed by atoms with van der Waals surface area (Å²) in [5, 5.41) is 12.9. The molecule has 0 radical (unpaired) electrons. The average Bonchev–Trinajstić information content (AvgIpc) is 3.48. The van der Waals surface area contributed by atoms with E-state index in [4.69, 9.17) is 19.2 Å². The van der Waals surface area contributed by atoms with Crippen LogP contribution in [-0.4, -0.2) is 41.1 Å². The Morgan fingerprint density at radius 2 is 1.73 bits per heavy atom. The number of rotatable bonds is 9. The van der Waals surface area contributed by atoms with E-state index in [1.54, 1.807) is 44.4 Å². The zero-order valence-corrected chi connectivity index (χ0v) is 20.9. The summed E-state index contributed by atoms with van der Waals surface area (Å²) in [7, 11) is 4.80. The lowest BCUT2D eigenvalue weighted by atomic mass is 10.1. The van der Waals surface area contributed by atoms with Crippen molar-refractivity contribution in [2.45, 2.75) is 31.3 Å². The molecule has 0 aliphatic carbocycles. The van der Waals surface area contributed by atoms with Crippen LogP contribution in [0.5, 0.6) is 17.2 Å². The molecule has 2 aromatic carbocycles. The van der Waals surface area contributed by atoms with Crippen LogP contribution < -0.4 is 14.2 Å². The van der Waals surface area contributed by atoms with Crippen molar-refractivity contribution >= 4 is 23.1 Å². The number of aryl methyl sites for hydroxylation is 1. The molecule has 7 nitrogen and oxygen atoms in total. The number of methoxy groups -OCH3 is 3. The Labute approximate surface area is 201 Å². The van der Waals surface area contributed by atoms with Crippen LogP contribution in [-0.2, 0) is 12.3 Å². The van der Waals surface area contributed by atoms with Crippen molar-refractivity contribution in [1.29, 1.82) is 0 Å². The summed E-state index contributed by atoms with van der Waals surface area (Å²) in [6, 6.07) is 12.2. The van der Waals surface area contributed by atoms with E-state index in [0.29, 0.717) is 17.2 Å². The number of benzene rings is 2. The van der Waals surface area contributed by atoms with Gasteiger partial charge in [-0.05, 0) is 32.0 Å². The summed E-state index contributed by atoms with van der Waals surface area (Å²) in [6.07, 6.45) is 0. The molecule has 0 saturated heterocycles. The summed E-state index contributed by atoms with van der Waals surface area (Å²) in [6.45, 7) is 4.90. The Hall–Kier alpha value is -3.04. The molecule has 0 bridgehead atoms. The van der Waals surface area contributed by atoms with E-state index >= 15 is 0 Å². The van der Waals surface area contributed by atoms with E-state index in [-0.39, 0.29) is 0 Å². The number of hydrogen-bond donors (Lipinski definition) is 0. The molecule has 2 heterocycles. The van der Waals surface area contributed by atoms with Crippen LogP contribution in [0.4, 0.5) is 0 Å². The minimum absolute atomic E-state index is 0.550. The molecule has 0 saturated carbocycles. The first-order valence-electron chi connectivity index (χ1n) is 10.5. The van der Waals surface area contributed by atoms with Gasteiger partial charge in [-0.1, -0.05) is 35.5 Å². The molecule has 0 N–H and O–H groups in total. The van der Waals surface area contributed by atoms with Crippen LogP contribution in [0.15, 0.2) is 46.9 Å². The van der Waals surface area contributed by atoms with E-state index in [1.807, 2.05) is 12.1 Å². The predicted molar refractivity (Wildman–Crippen MR) is 133 cm³/mol. The highest BCUT2D eigenvalue weighted by Gasteiger charge is 2.19. The summed E-state index contributed by atoms with van der Waals surface area (Å²) >= 11 is 3.29. The normalized spacial score (nSPS) is 10.9. The molecule has 33 heavy (non-hydrogen) atoms. The Morgan fingerprint density at radius 1 is 0.970 bits per heavy atom. The number of aromatic nitrogens is 4. The van der Waals surface area contributed by atoms with Gasteiger partial charge in [-0.25, -0.2) is 4.98 Å². The zero-order chi connectivity index (χ0) is 23.4. The van der Waals surface area contributed by atoms with Crippen molar-refractivity contribution < 1.29 is 14.2 Å². The molecule has 0 atom stereocenters. The van der Waals surface area contributed by atoms with Gasteiger partial charge in [0.05, 0.1) is 27.0 Å². The van der Waals surface area contributed by atoms with Gasteiger partial charge in [0, 0.05) is 28.8 Å². The second-order valence-corrected chi connectivity index (χ2v) is 9.07. The van der Waals surface area contributed by atoms with Crippen molar-refractivity contribution in [1.82, 2.24) is 19.7 Å². The molecule has 4 aromatic rings. The summed E-state index contributed by atoms with van der Waals surface area (Å²) in [4.78, 5) is 4.81. The maximum atomic E-state index is 5.50. The van der Waals surface area contributed by atoms with Crippen molar-refractivity contribution in [3.63, 3.8) is 0 Å². The van der Waals surface area contributed by atoms with Crippen molar-refractivity contribution in [2.75, 3.05) is 21.3 Å². The quantitative estimate of drug-likeness (QED) is 0.283. The molecule has 9 heteroatoms. The van der Waals surface area contributed by atoms with Crippen LogP contribution in [0, 0.1) is 6.92 Å². The van der Waals surface area contributed by atoms with Gasteiger partial charge in [0.25, 0.3) is 0 Å². The van der Waals surface area contributed by atoms with Gasteiger partial charge in [0.2, 0.25) is 5.75 Å². The molecule has 0 unspecified atom stereocenters. The fourth-order valence-electron chi connectivity index (χ4n) is 3.53. The zero-order valence-electron chi connectivity index (χ0n) is 19.3. The Balaban J connectivity index is 1.57. The van der Waals surface area contributed by atoms with E-state index in [1.165, 1.54) is 5.56 Å². The summed E-state index contributed by atoms with van der Waals surface area (Å²) in [5.74, 6) is 3.18. The molecule has 0 spiro atoms. The minimum atomic E-state index is 0.550. The number of thiazole rings is 1. The second kappa shape index (κ2) is 10.3. The largest absolute Gasteiger partial charge is 0.493 e. The fraction of sp³-hybridized carbons (Fsp3) is 0.292. The molecule has 172 valence electrons. The van der Waals surface area contributed by atoms with E-state index in [2.05, 4.69) is 58.3 Å². The standard InChI is InChI=1S/C24H26N4O3S2/c1-6-28-22(17-11-19(29-3)21(31-5)20(12-17)30-4)26-27-24(28)33-14-18-13-32-23(25-18)16-9-7-8-15(2)10-16/h7-13H,6,14H2,1-5H3. The molecule has 0 aliphatic heterocycles. The Morgan fingerprint density at radius 3 is 2.36 bits per heavy atom. The highest BCUT2D eigenvalue weighted by Crippen LogP contribution is 2.41. The van der Waals surface area contributed by atoms with Gasteiger partial charge in [-0.3, -0.25) is 0 Å². The summed E-state index contributed by atoms with van der Waals surface area (Å²) in [5.41, 5.74) is 4.26. The fourth-order valence-corrected chi connectivity index (χ4v) is 5.34. The minimum Gasteiger partial charge on any atom is -0.493 e. The summed E-state index contributed by atoms with van der Waals surface area (Å²) < 4.78 is 18.5. The first-order chi connectivity index (χ1) is 16.1. The highest BCUT2D eigenvalue weighted by molar-refractivity contribution is 7.98. The van der Waals surface area contributed by atoms with E-state index in [9.17, 15) is 0 Å². The molecule has 2 aromatic heterocycles. The van der Waals surface area contributed by atoms with Gasteiger partial charge < -0.3 is 18.8 Å². The van der Waals surface area contributed by atoms with E-state index < -0.39 is 0 Å². The van der Waals surface area contributed by atoms with Crippen LogP contribution in [0.3, 0.4) is 0 Å². The SMILES string of the molecule is CCn1c(SCc2csc(-c3cccc(C)c3)n2)nnc1-c1cc(OC)c(OC)c(OC)c1. The lowest BCUT2D eigenvalue weighted by Gasteiger charge is -2.14. The van der Waals surface area contributed by atoms with Gasteiger partial charge in [-0.2, -0.15) is 0 Å². The smallest absolute Gasteiger partial charge is 0.203 e. The third kappa shape index (κ3) is 4.84.